The highest BCUT2D eigenvalue weighted by Gasteiger charge is 2.17. The van der Waals surface area contributed by atoms with Crippen LogP contribution in [0.2, 0.25) is 0 Å². The fourth-order valence-corrected chi connectivity index (χ4v) is 2.68. The van der Waals surface area contributed by atoms with Crippen molar-refractivity contribution in [3.63, 3.8) is 0 Å². The number of hydrogen-bond acceptors (Lipinski definition) is 7. The SMILES string of the molecule is COc1ccc(C(C#N)=NOS(=O)(=O)c2ccc(C)cc2)cc1OC. The van der Waals surface area contributed by atoms with E-state index in [0.717, 1.165) is 5.56 Å². The number of nitrogens with zero attached hydrogens (tertiary/aromatic N) is 2. The van der Waals surface area contributed by atoms with Crippen LogP contribution in [-0.2, 0) is 14.4 Å². The standard InChI is InChI=1S/C17H16N2O5S/c1-12-4-7-14(8-5-12)25(20,21)24-19-15(11-18)13-6-9-16(22-2)17(10-13)23-3/h4-10H,1-3H3. The molecule has 0 bridgehead atoms. The highest BCUT2D eigenvalue weighted by Crippen LogP contribution is 2.28. The lowest BCUT2D eigenvalue weighted by Crippen LogP contribution is -2.06. The molecule has 0 heterocycles. The lowest BCUT2D eigenvalue weighted by atomic mass is 10.1. The Bertz CT molecular complexity index is 929. The fourth-order valence-electron chi connectivity index (χ4n) is 1.96. The van der Waals surface area contributed by atoms with Crippen molar-refractivity contribution < 1.29 is 22.2 Å². The lowest BCUT2D eigenvalue weighted by molar-refractivity contribution is 0.339. The fraction of sp³-hybridized carbons (Fsp3) is 0.176. The first-order valence-electron chi connectivity index (χ1n) is 7.12. The number of aryl methyl sites for hydroxylation is 1. The van der Waals surface area contributed by atoms with E-state index in [9.17, 15) is 13.7 Å². The summed E-state index contributed by atoms with van der Waals surface area (Å²) < 4.78 is 39.2. The first-order chi connectivity index (χ1) is 11.9. The van der Waals surface area contributed by atoms with Gasteiger partial charge >= 0.3 is 10.1 Å². The number of rotatable bonds is 6. The summed E-state index contributed by atoms with van der Waals surface area (Å²) in [4.78, 5) is -0.0496. The van der Waals surface area contributed by atoms with Gasteiger partial charge in [-0.2, -0.15) is 13.7 Å². The monoisotopic (exact) mass is 360 g/mol. The quantitative estimate of drug-likeness (QED) is 0.580. The molecule has 0 spiro atoms. The molecule has 7 nitrogen and oxygen atoms in total. The number of nitriles is 1. The second-order valence-electron chi connectivity index (χ2n) is 4.96. The van der Waals surface area contributed by atoms with E-state index in [1.165, 1.54) is 32.4 Å². The number of ether oxygens (including phenoxy) is 2. The highest BCUT2D eigenvalue weighted by atomic mass is 32.2. The van der Waals surface area contributed by atoms with E-state index in [2.05, 4.69) is 9.44 Å². The molecule has 0 aliphatic carbocycles. The van der Waals surface area contributed by atoms with Crippen LogP contribution in [0.1, 0.15) is 11.1 Å². The van der Waals surface area contributed by atoms with Gasteiger partial charge in [-0.25, -0.2) is 0 Å². The molecular weight excluding hydrogens is 344 g/mol. The zero-order valence-corrected chi connectivity index (χ0v) is 14.7. The molecule has 8 heteroatoms. The van der Waals surface area contributed by atoms with Crippen LogP contribution in [0.15, 0.2) is 52.5 Å². The zero-order chi connectivity index (χ0) is 18.4. The average Bonchev–Trinajstić information content (AvgIpc) is 2.62. The van der Waals surface area contributed by atoms with Crippen molar-refractivity contribution in [2.75, 3.05) is 14.2 Å². The Kier molecular flexibility index (Phi) is 5.62. The van der Waals surface area contributed by atoms with Gasteiger partial charge in [0.2, 0.25) is 0 Å². The van der Waals surface area contributed by atoms with Crippen LogP contribution in [0.4, 0.5) is 0 Å². The van der Waals surface area contributed by atoms with Crippen molar-refractivity contribution in [2.24, 2.45) is 5.16 Å². The molecule has 2 rings (SSSR count). The van der Waals surface area contributed by atoms with Crippen molar-refractivity contribution >= 4 is 15.8 Å². The average molecular weight is 360 g/mol. The highest BCUT2D eigenvalue weighted by molar-refractivity contribution is 7.86. The van der Waals surface area contributed by atoms with Crippen LogP contribution in [0.5, 0.6) is 11.5 Å². The molecule has 0 aromatic heterocycles. The van der Waals surface area contributed by atoms with Gasteiger partial charge in [-0.3, -0.25) is 4.28 Å². The summed E-state index contributed by atoms with van der Waals surface area (Å²) in [6.45, 7) is 1.83. The number of benzene rings is 2. The number of oxime groups is 1. The zero-order valence-electron chi connectivity index (χ0n) is 13.9. The molecule has 0 fully saturated rings. The van der Waals surface area contributed by atoms with E-state index in [0.29, 0.717) is 17.1 Å². The molecule has 2 aromatic rings. The van der Waals surface area contributed by atoms with Crippen molar-refractivity contribution in [3.05, 3.63) is 53.6 Å². The molecule has 25 heavy (non-hydrogen) atoms. The largest absolute Gasteiger partial charge is 0.493 e. The molecule has 0 aliphatic rings. The van der Waals surface area contributed by atoms with E-state index in [1.54, 1.807) is 30.3 Å². The second kappa shape index (κ2) is 7.68. The minimum Gasteiger partial charge on any atom is -0.493 e. The van der Waals surface area contributed by atoms with Crippen LogP contribution in [-0.4, -0.2) is 28.3 Å². The molecule has 0 saturated heterocycles. The third kappa shape index (κ3) is 4.28. The maximum absolute atomic E-state index is 12.1. The van der Waals surface area contributed by atoms with Gasteiger partial charge < -0.3 is 9.47 Å². The molecular formula is C17H16N2O5S. The summed E-state index contributed by atoms with van der Waals surface area (Å²) in [5.41, 5.74) is 1.03. The van der Waals surface area contributed by atoms with Crippen LogP contribution in [0.25, 0.3) is 0 Å². The Hall–Kier alpha value is -3.05. The van der Waals surface area contributed by atoms with Crippen molar-refractivity contribution in [2.45, 2.75) is 11.8 Å². The van der Waals surface area contributed by atoms with Gasteiger partial charge in [0.05, 0.1) is 14.2 Å². The molecule has 0 aliphatic heterocycles. The molecule has 2 aromatic carbocycles. The van der Waals surface area contributed by atoms with Crippen LogP contribution in [0, 0.1) is 18.3 Å². The Morgan fingerprint density at radius 2 is 1.68 bits per heavy atom. The molecule has 0 radical (unpaired) electrons. The summed E-state index contributed by atoms with van der Waals surface area (Å²) in [6, 6.07) is 12.5. The van der Waals surface area contributed by atoms with Crippen molar-refractivity contribution in [1.82, 2.24) is 0 Å². The predicted octanol–water partition coefficient (Wildman–Crippen LogP) is 2.65. The molecule has 0 atom stereocenters. The Labute approximate surface area is 146 Å². The minimum absolute atomic E-state index is 0.0496. The van der Waals surface area contributed by atoms with Crippen LogP contribution < -0.4 is 9.47 Å². The summed E-state index contributed by atoms with van der Waals surface area (Å²) in [5.74, 6) is 0.848. The van der Waals surface area contributed by atoms with Crippen molar-refractivity contribution in [1.29, 1.82) is 5.26 Å². The number of hydrogen-bond donors (Lipinski definition) is 0. The third-order valence-electron chi connectivity index (χ3n) is 3.30. The van der Waals surface area contributed by atoms with Gasteiger partial charge in [-0.1, -0.05) is 22.9 Å². The van der Waals surface area contributed by atoms with Gasteiger partial charge in [0.25, 0.3) is 0 Å². The lowest BCUT2D eigenvalue weighted by Gasteiger charge is -2.08. The molecule has 0 N–H and O–H groups in total. The van der Waals surface area contributed by atoms with E-state index < -0.39 is 10.1 Å². The van der Waals surface area contributed by atoms with Gasteiger partial charge in [0.1, 0.15) is 11.0 Å². The second-order valence-corrected chi connectivity index (χ2v) is 6.49. The maximum atomic E-state index is 12.1. The van der Waals surface area contributed by atoms with Gasteiger partial charge in [0, 0.05) is 5.56 Å². The van der Waals surface area contributed by atoms with Gasteiger partial charge in [0.15, 0.2) is 17.2 Å². The molecule has 0 unspecified atom stereocenters. The number of methoxy groups -OCH3 is 2. The molecule has 0 amide bonds. The van der Waals surface area contributed by atoms with E-state index in [4.69, 9.17) is 9.47 Å². The first-order valence-corrected chi connectivity index (χ1v) is 8.53. The Balaban J connectivity index is 2.32. The maximum Gasteiger partial charge on any atom is 0.358 e. The summed E-state index contributed by atoms with van der Waals surface area (Å²) >= 11 is 0. The first kappa shape index (κ1) is 18.3. The smallest absolute Gasteiger partial charge is 0.358 e. The van der Waals surface area contributed by atoms with E-state index in [-0.39, 0.29) is 10.6 Å². The summed E-state index contributed by atoms with van der Waals surface area (Å²) in [7, 11) is -1.19. The third-order valence-corrected chi connectivity index (χ3v) is 4.42. The van der Waals surface area contributed by atoms with Crippen LogP contribution >= 0.6 is 0 Å². The van der Waals surface area contributed by atoms with Crippen molar-refractivity contribution in [3.8, 4) is 17.6 Å². The van der Waals surface area contributed by atoms with Crippen LogP contribution in [0.3, 0.4) is 0 Å². The Morgan fingerprint density at radius 1 is 1.04 bits per heavy atom. The van der Waals surface area contributed by atoms with Gasteiger partial charge in [-0.15, -0.1) is 0 Å². The Morgan fingerprint density at radius 3 is 2.24 bits per heavy atom. The normalized spacial score (nSPS) is 11.5. The minimum atomic E-state index is -4.11. The molecule has 0 saturated carbocycles. The van der Waals surface area contributed by atoms with E-state index in [1.807, 2.05) is 6.92 Å². The van der Waals surface area contributed by atoms with Gasteiger partial charge in [-0.05, 0) is 37.3 Å². The van der Waals surface area contributed by atoms with E-state index >= 15 is 0 Å². The topological polar surface area (TPSA) is 98.0 Å². The predicted molar refractivity (Wildman–Crippen MR) is 91.1 cm³/mol. The summed E-state index contributed by atoms with van der Waals surface area (Å²) in [6.07, 6.45) is 0. The molecule has 130 valence electrons. The summed E-state index contributed by atoms with van der Waals surface area (Å²) in [5, 5.41) is 12.7.